The molecule has 25 heavy (non-hydrogen) atoms. The zero-order valence-electron chi connectivity index (χ0n) is 13.2. The number of hydrogen-bond donors (Lipinski definition) is 1. The minimum absolute atomic E-state index is 0.132. The molecule has 0 atom stereocenters. The number of sulfone groups is 1. The van der Waals surface area contributed by atoms with Crippen LogP contribution in [0.25, 0.3) is 0 Å². The number of nitrogens with one attached hydrogen (secondary N) is 1. The predicted molar refractivity (Wildman–Crippen MR) is 85.5 cm³/mol. The maximum absolute atomic E-state index is 12.2. The van der Waals surface area contributed by atoms with E-state index in [9.17, 15) is 13.2 Å². The van der Waals surface area contributed by atoms with Crippen LogP contribution in [0.1, 0.15) is 17.2 Å². The largest absolute Gasteiger partial charge is 0.412 e. The highest BCUT2D eigenvalue weighted by Crippen LogP contribution is 2.14. The lowest BCUT2D eigenvalue weighted by atomic mass is 10.2. The van der Waals surface area contributed by atoms with Crippen LogP contribution in [0, 0.1) is 6.92 Å². The summed E-state index contributed by atoms with van der Waals surface area (Å²) in [4.78, 5) is 11.8. The Morgan fingerprint density at radius 2 is 1.96 bits per heavy atom. The molecule has 0 fully saturated rings. The van der Waals surface area contributed by atoms with Gasteiger partial charge < -0.3 is 14.3 Å². The summed E-state index contributed by atoms with van der Waals surface area (Å²) < 4.78 is 34.4. The molecule has 0 saturated carbocycles. The monoisotopic (exact) mass is 362 g/mol. The molecule has 0 bridgehead atoms. The highest BCUT2D eigenvalue weighted by molar-refractivity contribution is 7.91. The molecule has 0 spiro atoms. The van der Waals surface area contributed by atoms with Gasteiger partial charge in [0.1, 0.15) is 11.5 Å². The quantitative estimate of drug-likeness (QED) is 0.696. The van der Waals surface area contributed by atoms with Gasteiger partial charge >= 0.3 is 5.22 Å². The van der Waals surface area contributed by atoms with Crippen molar-refractivity contribution < 1.29 is 22.2 Å². The molecule has 3 rings (SSSR count). The number of amides is 1. The molecule has 10 heteroatoms. The standard InChI is InChI=1S/C15H14N4O5S/c1-10-7-12(19-24-10)16-13(20)9-25(21,22)15-18-17-14(23-15)8-11-5-3-2-4-6-11/h2-7H,8-9H2,1H3,(H,16,19,20). The van der Waals surface area contributed by atoms with Crippen molar-refractivity contribution in [2.75, 3.05) is 11.1 Å². The fraction of sp³-hybridized carbons (Fsp3) is 0.200. The average Bonchev–Trinajstić information content (AvgIpc) is 3.17. The van der Waals surface area contributed by atoms with E-state index in [0.717, 1.165) is 5.56 Å². The lowest BCUT2D eigenvalue weighted by Crippen LogP contribution is -2.23. The number of carbonyl (C=O) groups excluding carboxylic acids is 1. The Bertz CT molecular complexity index is 978. The van der Waals surface area contributed by atoms with Gasteiger partial charge in [-0.2, -0.15) is 0 Å². The SMILES string of the molecule is Cc1cc(NC(=O)CS(=O)(=O)c2nnc(Cc3ccccc3)o2)no1. The Kier molecular flexibility index (Phi) is 4.61. The first-order valence-corrected chi connectivity index (χ1v) is 8.90. The van der Waals surface area contributed by atoms with Crippen LogP contribution in [0.15, 0.2) is 50.6 Å². The average molecular weight is 362 g/mol. The molecule has 0 aliphatic carbocycles. The maximum Gasteiger partial charge on any atom is 0.336 e. The van der Waals surface area contributed by atoms with E-state index in [2.05, 4.69) is 20.7 Å². The van der Waals surface area contributed by atoms with Gasteiger partial charge in [-0.05, 0) is 12.5 Å². The number of hydrogen-bond acceptors (Lipinski definition) is 8. The number of benzene rings is 1. The summed E-state index contributed by atoms with van der Waals surface area (Å²) in [5.41, 5.74) is 0.897. The molecule has 0 radical (unpaired) electrons. The van der Waals surface area contributed by atoms with Gasteiger partial charge in [0, 0.05) is 6.07 Å². The molecule has 3 aromatic rings. The maximum atomic E-state index is 12.2. The number of aromatic nitrogens is 3. The van der Waals surface area contributed by atoms with Crippen molar-refractivity contribution >= 4 is 21.6 Å². The molecular weight excluding hydrogens is 348 g/mol. The Hall–Kier alpha value is -3.01. The first kappa shape index (κ1) is 16.8. The van der Waals surface area contributed by atoms with Crippen LogP contribution >= 0.6 is 0 Å². The first-order chi connectivity index (χ1) is 11.9. The Morgan fingerprint density at radius 3 is 2.64 bits per heavy atom. The predicted octanol–water partition coefficient (Wildman–Crippen LogP) is 1.37. The molecule has 2 aromatic heterocycles. The lowest BCUT2D eigenvalue weighted by molar-refractivity contribution is -0.113. The van der Waals surface area contributed by atoms with Crippen molar-refractivity contribution in [3.63, 3.8) is 0 Å². The lowest BCUT2D eigenvalue weighted by Gasteiger charge is -2.00. The third kappa shape index (κ3) is 4.29. The Morgan fingerprint density at radius 1 is 1.20 bits per heavy atom. The number of nitrogens with zero attached hydrogens (tertiary/aromatic N) is 3. The summed E-state index contributed by atoms with van der Waals surface area (Å²) in [7, 11) is -4.05. The van der Waals surface area contributed by atoms with Crippen molar-refractivity contribution in [2.45, 2.75) is 18.6 Å². The van der Waals surface area contributed by atoms with E-state index in [0.29, 0.717) is 12.2 Å². The van der Waals surface area contributed by atoms with Gasteiger partial charge in [0.05, 0.1) is 6.42 Å². The summed E-state index contributed by atoms with van der Waals surface area (Å²) in [5, 5.41) is 12.5. The van der Waals surface area contributed by atoms with Crippen LogP contribution in [-0.4, -0.2) is 35.4 Å². The second kappa shape index (κ2) is 6.85. The van der Waals surface area contributed by atoms with Crippen molar-refractivity contribution in [2.24, 2.45) is 0 Å². The molecule has 1 amide bonds. The highest BCUT2D eigenvalue weighted by Gasteiger charge is 2.26. The molecule has 0 unspecified atom stereocenters. The molecule has 0 aliphatic heterocycles. The molecule has 9 nitrogen and oxygen atoms in total. The van der Waals surface area contributed by atoms with E-state index in [1.54, 1.807) is 6.92 Å². The van der Waals surface area contributed by atoms with Gasteiger partial charge in [-0.3, -0.25) is 4.79 Å². The fourth-order valence-electron chi connectivity index (χ4n) is 2.04. The van der Waals surface area contributed by atoms with E-state index >= 15 is 0 Å². The second-order valence-electron chi connectivity index (χ2n) is 5.25. The van der Waals surface area contributed by atoms with Crippen LogP contribution in [0.2, 0.25) is 0 Å². The van der Waals surface area contributed by atoms with Gasteiger partial charge in [0.25, 0.3) is 0 Å². The van der Waals surface area contributed by atoms with Crippen LogP contribution in [0.4, 0.5) is 5.82 Å². The summed E-state index contributed by atoms with van der Waals surface area (Å²) in [6.45, 7) is 1.64. The van der Waals surface area contributed by atoms with E-state index in [1.807, 2.05) is 30.3 Å². The third-order valence-corrected chi connectivity index (χ3v) is 4.47. The van der Waals surface area contributed by atoms with Gasteiger partial charge in [0.2, 0.25) is 21.6 Å². The number of carbonyl (C=O) groups is 1. The minimum atomic E-state index is -4.05. The molecule has 0 aliphatic rings. The molecule has 1 aromatic carbocycles. The Balaban J connectivity index is 1.67. The molecule has 2 heterocycles. The second-order valence-corrected chi connectivity index (χ2v) is 7.12. The summed E-state index contributed by atoms with van der Waals surface area (Å²) in [5.74, 6) is -0.853. The number of anilines is 1. The number of aryl methyl sites for hydroxylation is 1. The van der Waals surface area contributed by atoms with Crippen LogP contribution in [0.5, 0.6) is 0 Å². The van der Waals surface area contributed by atoms with Gasteiger partial charge in [-0.15, -0.1) is 5.10 Å². The molecule has 1 N–H and O–H groups in total. The first-order valence-electron chi connectivity index (χ1n) is 7.24. The van der Waals surface area contributed by atoms with Gasteiger partial charge in [0.15, 0.2) is 5.82 Å². The summed E-state index contributed by atoms with van der Waals surface area (Å²) in [6, 6.07) is 10.7. The molecular formula is C15H14N4O5S. The number of rotatable bonds is 6. The third-order valence-electron chi connectivity index (χ3n) is 3.13. The van der Waals surface area contributed by atoms with Crippen LogP contribution in [-0.2, 0) is 21.1 Å². The van der Waals surface area contributed by atoms with Gasteiger partial charge in [-0.1, -0.05) is 40.6 Å². The van der Waals surface area contributed by atoms with Crippen molar-refractivity contribution in [1.82, 2.24) is 15.4 Å². The molecule has 0 saturated heterocycles. The van der Waals surface area contributed by atoms with E-state index in [4.69, 9.17) is 8.94 Å². The van der Waals surface area contributed by atoms with E-state index < -0.39 is 26.7 Å². The zero-order valence-corrected chi connectivity index (χ0v) is 14.0. The molecule has 130 valence electrons. The summed E-state index contributed by atoms with van der Waals surface area (Å²) in [6.07, 6.45) is 0.299. The van der Waals surface area contributed by atoms with Crippen molar-refractivity contribution in [3.8, 4) is 0 Å². The minimum Gasteiger partial charge on any atom is -0.412 e. The van der Waals surface area contributed by atoms with Gasteiger partial charge in [-0.25, -0.2) is 8.42 Å². The van der Waals surface area contributed by atoms with Crippen LogP contribution < -0.4 is 5.32 Å². The highest BCUT2D eigenvalue weighted by atomic mass is 32.2. The normalized spacial score (nSPS) is 11.4. The van der Waals surface area contributed by atoms with Crippen molar-refractivity contribution in [3.05, 3.63) is 53.6 Å². The van der Waals surface area contributed by atoms with E-state index in [-0.39, 0.29) is 11.7 Å². The zero-order chi connectivity index (χ0) is 17.9. The summed E-state index contributed by atoms with van der Waals surface area (Å²) >= 11 is 0. The fourth-order valence-corrected chi connectivity index (χ4v) is 2.97. The smallest absolute Gasteiger partial charge is 0.336 e. The topological polar surface area (TPSA) is 128 Å². The van der Waals surface area contributed by atoms with Crippen LogP contribution in [0.3, 0.4) is 0 Å². The Labute approximate surface area is 143 Å². The van der Waals surface area contributed by atoms with Crippen molar-refractivity contribution in [1.29, 1.82) is 0 Å². The van der Waals surface area contributed by atoms with E-state index in [1.165, 1.54) is 6.07 Å².